The largest absolute Gasteiger partial charge is 0.339 e. The van der Waals surface area contributed by atoms with Gasteiger partial charge in [0, 0.05) is 51.0 Å². The Labute approximate surface area is 140 Å². The number of rotatable bonds is 4. The number of ketones is 1. The fourth-order valence-electron chi connectivity index (χ4n) is 3.85. The number of alkyl halides is 2. The lowest BCUT2D eigenvalue weighted by Gasteiger charge is -2.33. The summed E-state index contributed by atoms with van der Waals surface area (Å²) in [6.07, 6.45) is 5.41. The van der Waals surface area contributed by atoms with E-state index in [9.17, 15) is 18.4 Å². The maximum Gasteiger partial charge on any atom is 0.248 e. The number of hydrogen-bond donors (Lipinski definition) is 0. The van der Waals surface area contributed by atoms with Crippen molar-refractivity contribution >= 4 is 11.7 Å². The molecular formula is C17H23F2N3O2. The number of carbonyl (C=O) groups excluding carboxylic acids is 2. The molecule has 1 amide bonds. The van der Waals surface area contributed by atoms with Gasteiger partial charge in [-0.25, -0.2) is 8.78 Å². The molecule has 1 saturated carbocycles. The van der Waals surface area contributed by atoms with Gasteiger partial charge in [-0.05, 0) is 25.7 Å². The van der Waals surface area contributed by atoms with Crippen molar-refractivity contribution < 1.29 is 18.4 Å². The van der Waals surface area contributed by atoms with Crippen LogP contribution < -0.4 is 0 Å². The molecule has 1 aliphatic heterocycles. The van der Waals surface area contributed by atoms with Gasteiger partial charge in [-0.1, -0.05) is 0 Å². The molecule has 0 N–H and O–H groups in total. The number of Topliss-reactive ketones (excluding diaryl/α,β-unsaturated/α-hetero) is 1. The summed E-state index contributed by atoms with van der Waals surface area (Å²) in [6, 6.07) is -0.180. The molecule has 1 aromatic rings. The van der Waals surface area contributed by atoms with E-state index in [0.29, 0.717) is 24.9 Å². The Morgan fingerprint density at radius 3 is 2.79 bits per heavy atom. The molecule has 1 aliphatic carbocycles. The zero-order valence-electron chi connectivity index (χ0n) is 13.9. The molecule has 2 atom stereocenters. The lowest BCUT2D eigenvalue weighted by Crippen LogP contribution is -2.43. The van der Waals surface area contributed by atoms with Crippen LogP contribution in [0.4, 0.5) is 8.78 Å². The summed E-state index contributed by atoms with van der Waals surface area (Å²) in [5.74, 6) is -3.60. The van der Waals surface area contributed by atoms with Crippen LogP contribution in [0.5, 0.6) is 0 Å². The van der Waals surface area contributed by atoms with E-state index in [1.165, 1.54) is 6.20 Å². The lowest BCUT2D eigenvalue weighted by molar-refractivity contribution is -0.143. The van der Waals surface area contributed by atoms with Gasteiger partial charge in [0.2, 0.25) is 11.8 Å². The number of nitrogens with zero attached hydrogens (tertiary/aromatic N) is 3. The number of likely N-dealkylation sites (tertiary alicyclic amines) is 1. The van der Waals surface area contributed by atoms with E-state index in [1.807, 2.05) is 0 Å². The molecule has 24 heavy (non-hydrogen) atoms. The Kier molecular flexibility index (Phi) is 4.69. The van der Waals surface area contributed by atoms with Crippen molar-refractivity contribution in [3.8, 4) is 0 Å². The fourth-order valence-corrected chi connectivity index (χ4v) is 3.85. The molecule has 1 aromatic heterocycles. The summed E-state index contributed by atoms with van der Waals surface area (Å²) in [7, 11) is 1.74. The number of halogens is 2. The normalized spacial score (nSPS) is 26.5. The smallest absolute Gasteiger partial charge is 0.248 e. The summed E-state index contributed by atoms with van der Waals surface area (Å²) in [6.45, 7) is 0.561. The molecular weight excluding hydrogens is 316 g/mol. The lowest BCUT2D eigenvalue weighted by atomic mass is 9.85. The highest BCUT2D eigenvalue weighted by atomic mass is 19.3. The molecule has 0 unspecified atom stereocenters. The molecule has 2 heterocycles. The summed E-state index contributed by atoms with van der Waals surface area (Å²) in [5, 5.41) is 3.99. The van der Waals surface area contributed by atoms with Gasteiger partial charge in [-0.2, -0.15) is 5.10 Å². The molecule has 7 heteroatoms. The van der Waals surface area contributed by atoms with Crippen molar-refractivity contribution in [1.82, 2.24) is 14.7 Å². The van der Waals surface area contributed by atoms with Crippen molar-refractivity contribution in [2.45, 2.75) is 56.9 Å². The maximum absolute atomic E-state index is 13.6. The summed E-state index contributed by atoms with van der Waals surface area (Å²) < 4.78 is 28.8. The predicted octanol–water partition coefficient (Wildman–Crippen LogP) is 2.81. The van der Waals surface area contributed by atoms with Gasteiger partial charge in [-0.15, -0.1) is 0 Å². The summed E-state index contributed by atoms with van der Waals surface area (Å²) in [5.41, 5.74) is 0.529. The highest BCUT2D eigenvalue weighted by Gasteiger charge is 2.42. The van der Waals surface area contributed by atoms with Crippen LogP contribution in [0.2, 0.25) is 0 Å². The number of amides is 1. The molecule has 2 fully saturated rings. The van der Waals surface area contributed by atoms with E-state index < -0.39 is 11.8 Å². The van der Waals surface area contributed by atoms with E-state index in [0.717, 1.165) is 12.8 Å². The van der Waals surface area contributed by atoms with E-state index in [-0.39, 0.29) is 37.0 Å². The third-order valence-corrected chi connectivity index (χ3v) is 5.10. The van der Waals surface area contributed by atoms with Crippen LogP contribution in [0.25, 0.3) is 0 Å². The minimum Gasteiger partial charge on any atom is -0.339 e. The molecule has 0 bridgehead atoms. The molecule has 0 radical (unpaired) electrons. The van der Waals surface area contributed by atoms with Gasteiger partial charge in [0.05, 0.1) is 11.8 Å². The predicted molar refractivity (Wildman–Crippen MR) is 83.8 cm³/mol. The van der Waals surface area contributed by atoms with E-state index >= 15 is 0 Å². The van der Waals surface area contributed by atoms with E-state index in [4.69, 9.17) is 0 Å². The maximum atomic E-state index is 13.6. The number of hydrogen-bond acceptors (Lipinski definition) is 3. The third kappa shape index (κ3) is 3.65. The minimum absolute atomic E-state index is 0.0539. The summed E-state index contributed by atoms with van der Waals surface area (Å²) in [4.78, 5) is 26.7. The van der Waals surface area contributed by atoms with Crippen LogP contribution in [0.15, 0.2) is 12.4 Å². The number of carbonyl (C=O) groups is 2. The van der Waals surface area contributed by atoms with Gasteiger partial charge in [0.15, 0.2) is 5.78 Å². The Morgan fingerprint density at radius 2 is 2.12 bits per heavy atom. The highest BCUT2D eigenvalue weighted by Crippen LogP contribution is 2.38. The van der Waals surface area contributed by atoms with Crippen molar-refractivity contribution in [3.63, 3.8) is 0 Å². The van der Waals surface area contributed by atoms with Crippen LogP contribution in [-0.2, 0) is 11.8 Å². The van der Waals surface area contributed by atoms with Crippen molar-refractivity contribution in [1.29, 1.82) is 0 Å². The standard InChI is InChI=1S/C17H23F2N3O2/c1-21-11-13(10-20-21)15(23)8-14-5-3-7-22(14)16(24)12-4-2-6-17(18,19)9-12/h10-12,14H,2-9H2,1H3/t12-,14-/m1/s1. The minimum atomic E-state index is -2.74. The molecule has 5 nitrogen and oxygen atoms in total. The van der Waals surface area contributed by atoms with Gasteiger partial charge in [-0.3, -0.25) is 14.3 Å². The molecule has 0 spiro atoms. The van der Waals surface area contributed by atoms with Crippen LogP contribution in [0, 0.1) is 5.92 Å². The highest BCUT2D eigenvalue weighted by molar-refractivity contribution is 5.96. The van der Waals surface area contributed by atoms with Crippen LogP contribution in [0.1, 0.15) is 55.3 Å². The average Bonchev–Trinajstić information content (AvgIpc) is 3.14. The Balaban J connectivity index is 1.64. The molecule has 2 aliphatic rings. The van der Waals surface area contributed by atoms with Gasteiger partial charge in [0.25, 0.3) is 0 Å². The molecule has 132 valence electrons. The topological polar surface area (TPSA) is 55.2 Å². The molecule has 1 saturated heterocycles. The molecule has 0 aromatic carbocycles. The summed E-state index contributed by atoms with van der Waals surface area (Å²) >= 11 is 0. The van der Waals surface area contributed by atoms with E-state index in [2.05, 4.69) is 5.10 Å². The third-order valence-electron chi connectivity index (χ3n) is 5.10. The zero-order valence-corrected chi connectivity index (χ0v) is 13.9. The van der Waals surface area contributed by atoms with Crippen LogP contribution in [-0.4, -0.2) is 44.9 Å². The Morgan fingerprint density at radius 1 is 1.33 bits per heavy atom. The first kappa shape index (κ1) is 17.0. The first-order valence-electron chi connectivity index (χ1n) is 8.56. The zero-order chi connectivity index (χ0) is 17.3. The molecule has 3 rings (SSSR count). The SMILES string of the molecule is Cn1cc(C(=O)C[C@H]2CCCN2C(=O)[C@@H]2CCCC(F)(F)C2)cn1. The van der Waals surface area contributed by atoms with Crippen molar-refractivity contribution in [2.75, 3.05) is 6.54 Å². The van der Waals surface area contributed by atoms with Crippen molar-refractivity contribution in [3.05, 3.63) is 18.0 Å². The Bertz CT molecular complexity index is 629. The fraction of sp³-hybridized carbons (Fsp3) is 0.706. The number of aryl methyl sites for hydroxylation is 1. The number of aromatic nitrogens is 2. The van der Waals surface area contributed by atoms with Crippen molar-refractivity contribution in [2.24, 2.45) is 13.0 Å². The van der Waals surface area contributed by atoms with Crippen LogP contribution in [0.3, 0.4) is 0 Å². The van der Waals surface area contributed by atoms with E-state index in [1.54, 1.807) is 22.8 Å². The quantitative estimate of drug-likeness (QED) is 0.793. The van der Waals surface area contributed by atoms with Crippen LogP contribution >= 0.6 is 0 Å². The van der Waals surface area contributed by atoms with Gasteiger partial charge in [0.1, 0.15) is 0 Å². The van der Waals surface area contributed by atoms with Gasteiger partial charge >= 0.3 is 0 Å². The second-order valence-electron chi connectivity index (χ2n) is 7.01. The monoisotopic (exact) mass is 339 g/mol. The second-order valence-corrected chi connectivity index (χ2v) is 7.01. The second kappa shape index (κ2) is 6.61. The average molecular weight is 339 g/mol. The first-order chi connectivity index (χ1) is 11.4. The first-order valence-corrected chi connectivity index (χ1v) is 8.56. The van der Waals surface area contributed by atoms with Gasteiger partial charge < -0.3 is 4.90 Å². The Hall–Kier alpha value is -1.79.